The Balaban J connectivity index is 2.85. The molecule has 0 saturated heterocycles. The summed E-state index contributed by atoms with van der Waals surface area (Å²) in [6, 6.07) is 7.70. The van der Waals surface area contributed by atoms with Gasteiger partial charge in [-0.1, -0.05) is 43.7 Å². The van der Waals surface area contributed by atoms with Gasteiger partial charge in [-0.05, 0) is 32.8 Å². The largest absolute Gasteiger partial charge is 0.352 e. The van der Waals surface area contributed by atoms with Crippen molar-refractivity contribution in [3.05, 3.63) is 35.4 Å². The van der Waals surface area contributed by atoms with Crippen molar-refractivity contribution in [1.82, 2.24) is 10.2 Å². The van der Waals surface area contributed by atoms with Crippen LogP contribution in [0.15, 0.2) is 24.3 Å². The quantitative estimate of drug-likeness (QED) is 0.841. The van der Waals surface area contributed by atoms with Gasteiger partial charge < -0.3 is 10.2 Å². The van der Waals surface area contributed by atoms with Gasteiger partial charge in [0.15, 0.2) is 0 Å². The van der Waals surface area contributed by atoms with Gasteiger partial charge >= 0.3 is 0 Å². The summed E-state index contributed by atoms with van der Waals surface area (Å²) in [4.78, 5) is 26.2. The first kappa shape index (κ1) is 18.2. The van der Waals surface area contributed by atoms with Gasteiger partial charge in [-0.3, -0.25) is 9.59 Å². The van der Waals surface area contributed by atoms with Crippen LogP contribution in [0, 0.1) is 6.92 Å². The lowest BCUT2D eigenvalue weighted by atomic mass is 10.1. The normalized spacial score (nSPS) is 13.3. The number of amides is 2. The Labute approximate surface area is 133 Å². The third kappa shape index (κ3) is 5.17. The smallest absolute Gasteiger partial charge is 0.242 e. The van der Waals surface area contributed by atoms with E-state index in [2.05, 4.69) is 5.32 Å². The summed E-state index contributed by atoms with van der Waals surface area (Å²) in [5, 5.41) is 2.95. The molecule has 0 saturated carbocycles. The van der Waals surface area contributed by atoms with Gasteiger partial charge in [0.05, 0.1) is 0 Å². The van der Waals surface area contributed by atoms with Crippen molar-refractivity contribution in [2.24, 2.45) is 0 Å². The highest BCUT2D eigenvalue weighted by Crippen LogP contribution is 2.12. The predicted octanol–water partition coefficient (Wildman–Crippen LogP) is 3.04. The lowest BCUT2D eigenvalue weighted by Gasteiger charge is -2.29. The van der Waals surface area contributed by atoms with Crippen molar-refractivity contribution in [2.75, 3.05) is 0 Å². The Morgan fingerprint density at radius 2 is 1.73 bits per heavy atom. The van der Waals surface area contributed by atoms with Crippen molar-refractivity contribution < 1.29 is 9.59 Å². The second-order valence-electron chi connectivity index (χ2n) is 5.85. The van der Waals surface area contributed by atoms with Crippen molar-refractivity contribution in [3.8, 4) is 0 Å². The van der Waals surface area contributed by atoms with E-state index in [1.165, 1.54) is 5.56 Å². The number of aryl methyl sites for hydroxylation is 1. The molecule has 0 aromatic heterocycles. The maximum Gasteiger partial charge on any atom is 0.242 e. The highest BCUT2D eigenvalue weighted by Gasteiger charge is 2.25. The lowest BCUT2D eigenvalue weighted by Crippen LogP contribution is -2.49. The van der Waals surface area contributed by atoms with Crippen LogP contribution in [-0.2, 0) is 16.1 Å². The molecule has 0 aliphatic heterocycles. The summed E-state index contributed by atoms with van der Waals surface area (Å²) in [6.45, 7) is 10.1. The highest BCUT2D eigenvalue weighted by atomic mass is 16.2. The summed E-state index contributed by atoms with van der Waals surface area (Å²) < 4.78 is 0. The van der Waals surface area contributed by atoms with E-state index in [9.17, 15) is 9.59 Å². The van der Waals surface area contributed by atoms with Gasteiger partial charge in [0.2, 0.25) is 11.8 Å². The van der Waals surface area contributed by atoms with Crippen LogP contribution in [0.5, 0.6) is 0 Å². The zero-order valence-electron chi connectivity index (χ0n) is 14.3. The van der Waals surface area contributed by atoms with E-state index in [1.807, 2.05) is 52.0 Å². The minimum atomic E-state index is -0.470. The molecule has 22 heavy (non-hydrogen) atoms. The van der Waals surface area contributed by atoms with Gasteiger partial charge in [0.1, 0.15) is 6.04 Å². The first-order valence-electron chi connectivity index (χ1n) is 8.04. The summed E-state index contributed by atoms with van der Waals surface area (Å²) in [7, 11) is 0. The summed E-state index contributed by atoms with van der Waals surface area (Å²) >= 11 is 0. The van der Waals surface area contributed by atoms with Crippen LogP contribution in [0.25, 0.3) is 0 Å². The summed E-state index contributed by atoms with van der Waals surface area (Å²) in [6.07, 6.45) is 1.27. The van der Waals surface area contributed by atoms with Crippen molar-refractivity contribution in [2.45, 2.75) is 66.1 Å². The molecule has 0 aliphatic rings. The molecule has 1 rings (SSSR count). The van der Waals surface area contributed by atoms with Crippen LogP contribution in [-0.4, -0.2) is 28.8 Å². The molecule has 1 aromatic carbocycles. The average Bonchev–Trinajstić information content (AvgIpc) is 2.52. The second kappa shape index (κ2) is 8.57. The van der Waals surface area contributed by atoms with E-state index in [4.69, 9.17) is 0 Å². The third-order valence-electron chi connectivity index (χ3n) is 3.94. The van der Waals surface area contributed by atoms with Crippen molar-refractivity contribution in [1.29, 1.82) is 0 Å². The number of benzene rings is 1. The summed E-state index contributed by atoms with van der Waals surface area (Å²) in [5.41, 5.74) is 2.22. The molecular weight excluding hydrogens is 276 g/mol. The first-order valence-corrected chi connectivity index (χ1v) is 8.04. The molecule has 4 heteroatoms. The van der Waals surface area contributed by atoms with Gasteiger partial charge in [-0.25, -0.2) is 0 Å². The van der Waals surface area contributed by atoms with E-state index in [-0.39, 0.29) is 17.9 Å². The molecule has 1 N–H and O–H groups in total. The fourth-order valence-electron chi connectivity index (χ4n) is 2.14. The van der Waals surface area contributed by atoms with E-state index in [1.54, 1.807) is 11.8 Å². The maximum absolute atomic E-state index is 12.3. The first-order chi connectivity index (χ1) is 10.4. The van der Waals surface area contributed by atoms with Crippen LogP contribution in [0.3, 0.4) is 0 Å². The molecule has 4 nitrogen and oxygen atoms in total. The molecule has 2 amide bonds. The molecule has 0 bridgehead atoms. The molecule has 0 radical (unpaired) electrons. The van der Waals surface area contributed by atoms with Crippen LogP contribution in [0.2, 0.25) is 0 Å². The zero-order valence-corrected chi connectivity index (χ0v) is 14.3. The van der Waals surface area contributed by atoms with E-state index < -0.39 is 6.04 Å². The third-order valence-corrected chi connectivity index (χ3v) is 3.94. The number of nitrogens with zero attached hydrogens (tertiary/aromatic N) is 1. The maximum atomic E-state index is 12.3. The van der Waals surface area contributed by atoms with Crippen LogP contribution in [0.4, 0.5) is 0 Å². The number of nitrogens with one attached hydrogen (secondary N) is 1. The fraction of sp³-hybridized carbons (Fsp3) is 0.556. The number of carbonyl (C=O) groups excluding carboxylic acids is 2. The Kier molecular flexibility index (Phi) is 7.09. The second-order valence-corrected chi connectivity index (χ2v) is 5.85. The van der Waals surface area contributed by atoms with Gasteiger partial charge in [-0.15, -0.1) is 0 Å². The molecule has 0 spiro atoms. The SMILES string of the molecule is CCC(=O)N(Cc1ccc(C)cc1)[C@@H](C)C(=O)N[C@@H](C)CC. The monoisotopic (exact) mass is 304 g/mol. The molecule has 0 heterocycles. The zero-order chi connectivity index (χ0) is 16.7. The standard InChI is InChI=1S/C18H28N2O2/c1-6-14(4)19-18(22)15(5)20(17(21)7-2)12-16-10-8-13(3)9-11-16/h8-11,14-15H,6-7,12H2,1-5H3,(H,19,22)/t14-,15-/m0/s1. The van der Waals surface area contributed by atoms with Gasteiger partial charge in [-0.2, -0.15) is 0 Å². The molecule has 0 fully saturated rings. The molecule has 0 aliphatic carbocycles. The number of carbonyl (C=O) groups is 2. The lowest BCUT2D eigenvalue weighted by molar-refractivity contribution is -0.140. The Morgan fingerprint density at radius 3 is 2.23 bits per heavy atom. The molecule has 0 unspecified atom stereocenters. The topological polar surface area (TPSA) is 49.4 Å². The van der Waals surface area contributed by atoms with Gasteiger partial charge in [0.25, 0.3) is 0 Å². The highest BCUT2D eigenvalue weighted by molar-refractivity contribution is 5.87. The Morgan fingerprint density at radius 1 is 1.14 bits per heavy atom. The van der Waals surface area contributed by atoms with Gasteiger partial charge in [0, 0.05) is 19.0 Å². The van der Waals surface area contributed by atoms with Crippen LogP contribution >= 0.6 is 0 Å². The van der Waals surface area contributed by atoms with E-state index >= 15 is 0 Å². The number of rotatable bonds is 7. The summed E-state index contributed by atoms with van der Waals surface area (Å²) in [5.74, 6) is -0.101. The molecule has 122 valence electrons. The fourth-order valence-corrected chi connectivity index (χ4v) is 2.14. The van der Waals surface area contributed by atoms with E-state index in [0.29, 0.717) is 13.0 Å². The predicted molar refractivity (Wildman–Crippen MR) is 89.4 cm³/mol. The Hall–Kier alpha value is -1.84. The van der Waals surface area contributed by atoms with Crippen molar-refractivity contribution in [3.63, 3.8) is 0 Å². The number of hydrogen-bond acceptors (Lipinski definition) is 2. The number of hydrogen-bond donors (Lipinski definition) is 1. The average molecular weight is 304 g/mol. The van der Waals surface area contributed by atoms with Crippen molar-refractivity contribution >= 4 is 11.8 Å². The van der Waals surface area contributed by atoms with E-state index in [0.717, 1.165) is 12.0 Å². The molecule has 1 aromatic rings. The minimum Gasteiger partial charge on any atom is -0.352 e. The molecular formula is C18H28N2O2. The molecule has 2 atom stereocenters. The van der Waals surface area contributed by atoms with Crippen LogP contribution in [0.1, 0.15) is 51.7 Å². The Bertz CT molecular complexity index is 496. The minimum absolute atomic E-state index is 0.00706. The van der Waals surface area contributed by atoms with Crippen LogP contribution < -0.4 is 5.32 Å².